The van der Waals surface area contributed by atoms with Crippen molar-refractivity contribution < 1.29 is 1.43 Å². The van der Waals surface area contributed by atoms with Gasteiger partial charge in [-0.1, -0.05) is 102 Å². The minimum atomic E-state index is 0. The van der Waals surface area contributed by atoms with Crippen molar-refractivity contribution in [3.63, 3.8) is 0 Å². The smallest absolute Gasteiger partial charge is 0.0233 e. The minimum Gasteiger partial charge on any atom is -0.316 e. The fourth-order valence-electron chi connectivity index (χ4n) is 6.96. The zero-order valence-corrected chi connectivity index (χ0v) is 25.4. The van der Waals surface area contributed by atoms with Crippen molar-refractivity contribution in [2.75, 3.05) is 39.3 Å². The van der Waals surface area contributed by atoms with Crippen LogP contribution in [-0.4, -0.2) is 49.1 Å². The summed E-state index contributed by atoms with van der Waals surface area (Å²) in [6.45, 7) is 23.8. The molecule has 5 rings (SSSR count). The highest BCUT2D eigenvalue weighted by Gasteiger charge is 2.22. The number of piperidine rings is 3. The molecule has 0 saturated carbocycles. The second-order valence-corrected chi connectivity index (χ2v) is 13.4. The highest BCUT2D eigenvalue weighted by Crippen LogP contribution is 2.23. The molecule has 2 aromatic carbocycles. The van der Waals surface area contributed by atoms with Gasteiger partial charge in [0.25, 0.3) is 0 Å². The van der Waals surface area contributed by atoms with Gasteiger partial charge in [0.1, 0.15) is 0 Å². The fraction of sp³-hybridized carbons (Fsp3) is 0.657. The Labute approximate surface area is 236 Å². The molecule has 0 aliphatic carbocycles. The largest absolute Gasteiger partial charge is 0.316 e. The third-order valence-corrected chi connectivity index (χ3v) is 8.18. The van der Waals surface area contributed by atoms with Crippen molar-refractivity contribution in [3.8, 4) is 0 Å². The molecule has 3 heterocycles. The van der Waals surface area contributed by atoms with Crippen LogP contribution in [0, 0.1) is 35.5 Å². The standard InChI is InChI=1S/2C14H21N.C7H15N.H2/c2*1-12-8-13(2)10-15(9-12)11-14-6-4-3-5-7-14;1-6-3-7(2)5-8-4-6;/h2*3-7,12-13H,8-11H2,1-2H3;6-8H,3-5H2,1-2H3;1H/t12-,13+;12-,13-;;/m.1../s1/i;;;1+1. The molecule has 3 saturated heterocycles. The molecular weight excluding hydrogens is 462 g/mol. The molecule has 2 unspecified atom stereocenters. The quantitative estimate of drug-likeness (QED) is 0.441. The molecular formula is C35H59N3. The molecule has 38 heavy (non-hydrogen) atoms. The average Bonchev–Trinajstić information content (AvgIpc) is 2.85. The summed E-state index contributed by atoms with van der Waals surface area (Å²) in [5.41, 5.74) is 2.89. The predicted molar refractivity (Wildman–Crippen MR) is 167 cm³/mol. The van der Waals surface area contributed by atoms with Gasteiger partial charge in [-0.3, -0.25) is 9.80 Å². The molecule has 6 atom stereocenters. The molecule has 3 fully saturated rings. The zero-order chi connectivity index (χ0) is 27.3. The first kappa shape index (κ1) is 30.9. The van der Waals surface area contributed by atoms with E-state index in [0.29, 0.717) is 0 Å². The van der Waals surface area contributed by atoms with Crippen LogP contribution in [-0.2, 0) is 13.1 Å². The van der Waals surface area contributed by atoms with Crippen LogP contribution >= 0.6 is 0 Å². The maximum absolute atomic E-state index is 3.38. The molecule has 0 aromatic heterocycles. The average molecular weight is 523 g/mol. The summed E-state index contributed by atoms with van der Waals surface area (Å²) >= 11 is 0. The second kappa shape index (κ2) is 16.4. The summed E-state index contributed by atoms with van der Waals surface area (Å²) in [5.74, 6) is 5.24. The lowest BCUT2D eigenvalue weighted by atomic mass is 9.91. The van der Waals surface area contributed by atoms with Crippen LogP contribution in [0.1, 0.15) is 73.4 Å². The maximum atomic E-state index is 3.38. The van der Waals surface area contributed by atoms with Gasteiger partial charge in [0.05, 0.1) is 0 Å². The summed E-state index contributed by atoms with van der Waals surface area (Å²) in [5, 5.41) is 3.38. The lowest BCUT2D eigenvalue weighted by Crippen LogP contribution is -2.38. The number of nitrogens with zero attached hydrogens (tertiary/aromatic N) is 2. The molecule has 1 N–H and O–H groups in total. The Bertz CT molecular complexity index is 784. The van der Waals surface area contributed by atoms with E-state index >= 15 is 0 Å². The Morgan fingerprint density at radius 3 is 1.13 bits per heavy atom. The molecule has 0 bridgehead atoms. The van der Waals surface area contributed by atoms with Gasteiger partial charge in [-0.05, 0) is 79.0 Å². The number of hydrogen-bond acceptors (Lipinski definition) is 3. The number of likely N-dealkylation sites (tertiary alicyclic amines) is 2. The normalized spacial score (nSPS) is 30.4. The third kappa shape index (κ3) is 12.0. The summed E-state index contributed by atoms with van der Waals surface area (Å²) < 4.78 is 0. The van der Waals surface area contributed by atoms with Crippen LogP contribution in [0.2, 0.25) is 0 Å². The molecule has 3 heteroatoms. The molecule has 0 radical (unpaired) electrons. The highest BCUT2D eigenvalue weighted by atomic mass is 15.1. The monoisotopic (exact) mass is 522 g/mol. The van der Waals surface area contributed by atoms with E-state index < -0.39 is 0 Å². The molecule has 3 aliphatic heterocycles. The number of rotatable bonds is 4. The van der Waals surface area contributed by atoms with Crippen molar-refractivity contribution >= 4 is 0 Å². The number of benzene rings is 2. The SMILES string of the molecule is CC1CNCC(C)C1.C[C@@H]1C[C@@H](C)CN(Cc2ccccc2)C1.C[C@@H]1C[C@H](C)CN(Cc2ccccc2)C1.[2HH]. The first-order chi connectivity index (χ1) is 18.3. The highest BCUT2D eigenvalue weighted by molar-refractivity contribution is 5.15. The minimum absolute atomic E-state index is 0. The van der Waals surface area contributed by atoms with E-state index in [0.717, 1.165) is 48.6 Å². The first-order valence-electron chi connectivity index (χ1n) is 15.5. The summed E-state index contributed by atoms with van der Waals surface area (Å²) in [6, 6.07) is 21.6. The lowest BCUT2D eigenvalue weighted by Gasteiger charge is -2.34. The summed E-state index contributed by atoms with van der Waals surface area (Å²) in [7, 11) is 0. The van der Waals surface area contributed by atoms with Crippen molar-refractivity contribution in [3.05, 3.63) is 71.8 Å². The van der Waals surface area contributed by atoms with Gasteiger partial charge in [-0.2, -0.15) is 0 Å². The summed E-state index contributed by atoms with van der Waals surface area (Å²) in [6.07, 6.45) is 4.20. The van der Waals surface area contributed by atoms with Crippen molar-refractivity contribution in [1.29, 1.82) is 0 Å². The van der Waals surface area contributed by atoms with Gasteiger partial charge in [-0.15, -0.1) is 0 Å². The van der Waals surface area contributed by atoms with Gasteiger partial charge in [0.2, 0.25) is 0 Å². The van der Waals surface area contributed by atoms with Gasteiger partial charge in [0.15, 0.2) is 0 Å². The molecule has 3 nitrogen and oxygen atoms in total. The van der Waals surface area contributed by atoms with Crippen LogP contribution in [0.3, 0.4) is 0 Å². The Kier molecular flexibility index (Phi) is 13.3. The maximum Gasteiger partial charge on any atom is 0.0233 e. The van der Waals surface area contributed by atoms with E-state index in [2.05, 4.69) is 117 Å². The molecule has 0 amide bonds. The topological polar surface area (TPSA) is 18.5 Å². The molecule has 214 valence electrons. The fourth-order valence-corrected chi connectivity index (χ4v) is 6.96. The summed E-state index contributed by atoms with van der Waals surface area (Å²) in [4.78, 5) is 5.18. The van der Waals surface area contributed by atoms with Crippen LogP contribution in [0.5, 0.6) is 0 Å². The van der Waals surface area contributed by atoms with Crippen LogP contribution in [0.15, 0.2) is 60.7 Å². The number of hydrogen-bond donors (Lipinski definition) is 1. The lowest BCUT2D eigenvalue weighted by molar-refractivity contribution is 0.134. The van der Waals surface area contributed by atoms with Crippen LogP contribution in [0.25, 0.3) is 0 Å². The Morgan fingerprint density at radius 2 is 0.842 bits per heavy atom. The first-order valence-corrected chi connectivity index (χ1v) is 15.5. The van der Waals surface area contributed by atoms with E-state index in [1.807, 2.05) is 0 Å². The van der Waals surface area contributed by atoms with E-state index in [9.17, 15) is 0 Å². The predicted octanol–water partition coefficient (Wildman–Crippen LogP) is 7.83. The Morgan fingerprint density at radius 1 is 0.526 bits per heavy atom. The van der Waals surface area contributed by atoms with E-state index in [-0.39, 0.29) is 1.43 Å². The van der Waals surface area contributed by atoms with Gasteiger partial charge in [-0.25, -0.2) is 0 Å². The third-order valence-electron chi connectivity index (χ3n) is 8.18. The van der Waals surface area contributed by atoms with E-state index in [1.54, 1.807) is 0 Å². The molecule has 2 aromatic rings. The Hall–Kier alpha value is -1.68. The van der Waals surface area contributed by atoms with Crippen LogP contribution in [0.4, 0.5) is 0 Å². The van der Waals surface area contributed by atoms with Crippen molar-refractivity contribution in [1.82, 2.24) is 15.1 Å². The van der Waals surface area contributed by atoms with Gasteiger partial charge >= 0.3 is 0 Å². The zero-order valence-electron chi connectivity index (χ0n) is 25.4. The van der Waals surface area contributed by atoms with Crippen molar-refractivity contribution in [2.24, 2.45) is 35.5 Å². The van der Waals surface area contributed by atoms with Crippen molar-refractivity contribution in [2.45, 2.75) is 73.9 Å². The van der Waals surface area contributed by atoms with E-state index in [1.165, 1.54) is 69.7 Å². The Balaban J connectivity index is 0.000000212. The van der Waals surface area contributed by atoms with Gasteiger partial charge < -0.3 is 5.32 Å². The van der Waals surface area contributed by atoms with Gasteiger partial charge in [0, 0.05) is 40.7 Å². The molecule has 0 spiro atoms. The second-order valence-electron chi connectivity index (χ2n) is 13.4. The number of nitrogens with one attached hydrogen (secondary N) is 1. The van der Waals surface area contributed by atoms with Crippen LogP contribution < -0.4 is 5.32 Å². The van der Waals surface area contributed by atoms with E-state index in [4.69, 9.17) is 0 Å². The molecule has 3 aliphatic rings.